The van der Waals surface area contributed by atoms with Gasteiger partial charge in [0, 0.05) is 12.1 Å². The maximum atomic E-state index is 3.76. The molecule has 0 heterocycles. The van der Waals surface area contributed by atoms with Crippen LogP contribution in [0.5, 0.6) is 0 Å². The van der Waals surface area contributed by atoms with Gasteiger partial charge < -0.3 is 10.2 Å². The summed E-state index contributed by atoms with van der Waals surface area (Å²) in [4.78, 5) is 2.56. The third kappa shape index (κ3) is 3.62. The third-order valence-corrected chi connectivity index (χ3v) is 4.44. The first-order valence-electron chi connectivity index (χ1n) is 8.15. The predicted octanol–water partition coefficient (Wildman–Crippen LogP) is 3.63. The van der Waals surface area contributed by atoms with Crippen molar-refractivity contribution in [2.24, 2.45) is 5.92 Å². The zero-order valence-electron chi connectivity index (χ0n) is 13.5. The van der Waals surface area contributed by atoms with Gasteiger partial charge in [-0.05, 0) is 56.4 Å². The van der Waals surface area contributed by atoms with Gasteiger partial charge in [0.1, 0.15) is 0 Å². The van der Waals surface area contributed by atoms with E-state index in [1.165, 1.54) is 36.9 Å². The largest absolute Gasteiger partial charge is 0.309 e. The Bertz CT molecular complexity index is 414. The molecule has 0 amide bonds. The van der Waals surface area contributed by atoms with Crippen molar-refractivity contribution in [2.45, 2.75) is 52.1 Å². The second-order valence-corrected chi connectivity index (χ2v) is 6.57. The highest BCUT2D eigenvalue weighted by Crippen LogP contribution is 2.34. The van der Waals surface area contributed by atoms with E-state index in [9.17, 15) is 0 Å². The average Bonchev–Trinajstić information content (AvgIpc) is 2.81. The van der Waals surface area contributed by atoms with Gasteiger partial charge in [-0.3, -0.25) is 0 Å². The molecule has 0 bridgehead atoms. The number of hydrogen-bond acceptors (Lipinski definition) is 2. The summed E-state index contributed by atoms with van der Waals surface area (Å²) < 4.78 is 0. The summed E-state index contributed by atoms with van der Waals surface area (Å²) in [7, 11) is 2.29. The molecular weight excluding hydrogens is 244 g/mol. The first-order valence-corrected chi connectivity index (χ1v) is 8.15. The van der Waals surface area contributed by atoms with Crippen molar-refractivity contribution in [1.82, 2.24) is 10.2 Å². The fourth-order valence-corrected chi connectivity index (χ4v) is 3.16. The van der Waals surface area contributed by atoms with Gasteiger partial charge in [-0.1, -0.05) is 45.0 Å². The number of likely N-dealkylation sites (N-methyl/N-ethyl adjacent to an activating group) is 1. The molecule has 0 saturated heterocycles. The number of rotatable bonds is 7. The number of hydrogen-bond donors (Lipinski definition) is 1. The van der Waals surface area contributed by atoms with E-state index in [4.69, 9.17) is 0 Å². The Morgan fingerprint density at radius 3 is 2.75 bits per heavy atom. The van der Waals surface area contributed by atoms with Crippen LogP contribution in [0.1, 0.15) is 50.8 Å². The van der Waals surface area contributed by atoms with E-state index in [0.717, 1.165) is 12.5 Å². The van der Waals surface area contributed by atoms with Crippen molar-refractivity contribution in [2.75, 3.05) is 20.1 Å². The summed E-state index contributed by atoms with van der Waals surface area (Å²) in [6, 6.07) is 10.1. The van der Waals surface area contributed by atoms with E-state index in [2.05, 4.69) is 62.3 Å². The van der Waals surface area contributed by atoms with Gasteiger partial charge in [-0.15, -0.1) is 0 Å². The van der Waals surface area contributed by atoms with Crippen molar-refractivity contribution in [3.8, 4) is 0 Å². The first kappa shape index (κ1) is 15.5. The lowest BCUT2D eigenvalue weighted by molar-refractivity contribution is 0.194. The lowest BCUT2D eigenvalue weighted by atomic mass is 10.0. The second-order valence-electron chi connectivity index (χ2n) is 6.57. The number of nitrogens with zero attached hydrogens (tertiary/aromatic N) is 1. The van der Waals surface area contributed by atoms with E-state index in [-0.39, 0.29) is 0 Å². The van der Waals surface area contributed by atoms with Crippen LogP contribution >= 0.6 is 0 Å². The van der Waals surface area contributed by atoms with Crippen LogP contribution in [0.4, 0.5) is 0 Å². The SMILES string of the molecule is CCCNC1c2ccccc2CC1N(C)CCC(C)C. The van der Waals surface area contributed by atoms with Gasteiger partial charge in [0.15, 0.2) is 0 Å². The molecule has 2 unspecified atom stereocenters. The summed E-state index contributed by atoms with van der Waals surface area (Å²) >= 11 is 0. The lowest BCUT2D eigenvalue weighted by Crippen LogP contribution is -2.41. The minimum Gasteiger partial charge on any atom is -0.309 e. The minimum absolute atomic E-state index is 0.503. The van der Waals surface area contributed by atoms with E-state index < -0.39 is 0 Å². The highest BCUT2D eigenvalue weighted by atomic mass is 15.2. The summed E-state index contributed by atoms with van der Waals surface area (Å²) in [5, 5.41) is 3.76. The molecule has 1 aromatic carbocycles. The molecule has 20 heavy (non-hydrogen) atoms. The molecule has 112 valence electrons. The topological polar surface area (TPSA) is 15.3 Å². The highest BCUT2D eigenvalue weighted by Gasteiger charge is 2.33. The minimum atomic E-state index is 0.503. The Morgan fingerprint density at radius 1 is 1.30 bits per heavy atom. The van der Waals surface area contributed by atoms with Crippen LogP contribution in [0.2, 0.25) is 0 Å². The van der Waals surface area contributed by atoms with E-state index in [0.29, 0.717) is 12.1 Å². The number of fused-ring (bicyclic) bond motifs is 1. The molecule has 1 N–H and O–H groups in total. The molecule has 2 rings (SSSR count). The third-order valence-electron chi connectivity index (χ3n) is 4.44. The van der Waals surface area contributed by atoms with Gasteiger partial charge in [0.05, 0.1) is 0 Å². The van der Waals surface area contributed by atoms with Crippen LogP contribution in [0.15, 0.2) is 24.3 Å². The molecule has 2 heteroatoms. The fourth-order valence-electron chi connectivity index (χ4n) is 3.16. The second kappa shape index (κ2) is 7.24. The fraction of sp³-hybridized carbons (Fsp3) is 0.667. The normalized spacial score (nSPS) is 21.7. The Labute approximate surface area is 124 Å². The van der Waals surface area contributed by atoms with Crippen LogP contribution in [0.25, 0.3) is 0 Å². The van der Waals surface area contributed by atoms with E-state index >= 15 is 0 Å². The van der Waals surface area contributed by atoms with E-state index in [1.807, 2.05) is 0 Å². The number of benzene rings is 1. The Balaban J connectivity index is 2.08. The molecule has 0 saturated carbocycles. The Hall–Kier alpha value is -0.860. The van der Waals surface area contributed by atoms with Crippen molar-refractivity contribution in [1.29, 1.82) is 0 Å². The molecule has 2 nitrogen and oxygen atoms in total. The Kier molecular flexibility index (Phi) is 5.62. The zero-order chi connectivity index (χ0) is 14.5. The van der Waals surface area contributed by atoms with Gasteiger partial charge in [0.25, 0.3) is 0 Å². The average molecular weight is 274 g/mol. The van der Waals surface area contributed by atoms with Crippen molar-refractivity contribution < 1.29 is 0 Å². The molecule has 0 aliphatic heterocycles. The molecular formula is C18H30N2. The monoisotopic (exact) mass is 274 g/mol. The summed E-state index contributed by atoms with van der Waals surface area (Å²) in [5.41, 5.74) is 3.05. The maximum Gasteiger partial charge on any atom is 0.0484 e. The van der Waals surface area contributed by atoms with Crippen LogP contribution in [0.3, 0.4) is 0 Å². The predicted molar refractivity (Wildman–Crippen MR) is 87.1 cm³/mol. The molecule has 0 fully saturated rings. The van der Waals surface area contributed by atoms with Gasteiger partial charge in [-0.25, -0.2) is 0 Å². The Morgan fingerprint density at radius 2 is 2.05 bits per heavy atom. The molecule has 1 aliphatic rings. The molecule has 0 radical (unpaired) electrons. The molecule has 0 spiro atoms. The van der Waals surface area contributed by atoms with E-state index in [1.54, 1.807) is 0 Å². The summed E-state index contributed by atoms with van der Waals surface area (Å²) in [6.45, 7) is 9.16. The van der Waals surface area contributed by atoms with Crippen LogP contribution in [-0.2, 0) is 6.42 Å². The lowest BCUT2D eigenvalue weighted by Gasteiger charge is -2.31. The summed E-state index contributed by atoms with van der Waals surface area (Å²) in [6.07, 6.45) is 3.66. The van der Waals surface area contributed by atoms with Gasteiger partial charge in [0.2, 0.25) is 0 Å². The van der Waals surface area contributed by atoms with Crippen LogP contribution in [0, 0.1) is 5.92 Å². The first-order chi connectivity index (χ1) is 9.63. The zero-order valence-corrected chi connectivity index (χ0v) is 13.5. The smallest absolute Gasteiger partial charge is 0.0484 e. The van der Waals surface area contributed by atoms with Crippen LogP contribution in [-0.4, -0.2) is 31.1 Å². The van der Waals surface area contributed by atoms with Crippen LogP contribution < -0.4 is 5.32 Å². The maximum absolute atomic E-state index is 3.76. The highest BCUT2D eigenvalue weighted by molar-refractivity contribution is 5.37. The molecule has 0 aromatic heterocycles. The quantitative estimate of drug-likeness (QED) is 0.817. The van der Waals surface area contributed by atoms with Crippen molar-refractivity contribution in [3.05, 3.63) is 35.4 Å². The molecule has 2 atom stereocenters. The van der Waals surface area contributed by atoms with Crippen molar-refractivity contribution in [3.63, 3.8) is 0 Å². The van der Waals surface area contributed by atoms with Crippen molar-refractivity contribution >= 4 is 0 Å². The molecule has 1 aliphatic carbocycles. The summed E-state index contributed by atoms with van der Waals surface area (Å²) in [5.74, 6) is 0.781. The van der Waals surface area contributed by atoms with Gasteiger partial charge in [-0.2, -0.15) is 0 Å². The molecule has 1 aromatic rings. The van der Waals surface area contributed by atoms with Gasteiger partial charge >= 0.3 is 0 Å². The standard InChI is InChI=1S/C18H30N2/c1-5-11-19-18-16-9-7-6-8-15(16)13-17(18)20(4)12-10-14(2)3/h6-9,14,17-19H,5,10-13H2,1-4H3. The number of nitrogens with one attached hydrogen (secondary N) is 1.